The van der Waals surface area contributed by atoms with Crippen molar-refractivity contribution < 1.29 is 43.6 Å². The molecule has 0 heterocycles. The van der Waals surface area contributed by atoms with E-state index in [1.165, 1.54) is 109 Å². The van der Waals surface area contributed by atoms with Crippen LogP contribution in [0.15, 0.2) is 0 Å². The lowest BCUT2D eigenvalue weighted by atomic mass is 10.1. The zero-order valence-corrected chi connectivity index (χ0v) is 24.5. The Morgan fingerprint density at radius 3 is 0.973 bits per heavy atom. The number of rotatable bonds is 19. The third-order valence-corrected chi connectivity index (χ3v) is 5.10. The molecule has 220 valence electrons. The minimum atomic E-state index is -4.64. The number of aliphatic hydroxyl groups is 1. The molecule has 0 aromatic heterocycles. The number of phosphoric acid groups is 2. The van der Waals surface area contributed by atoms with Gasteiger partial charge in [-0.15, -0.1) is 0 Å². The van der Waals surface area contributed by atoms with Crippen molar-refractivity contribution in [2.75, 3.05) is 6.61 Å². The molecule has 0 aromatic carbocycles. The fourth-order valence-electron chi connectivity index (χ4n) is 3.30. The minimum Gasteiger partial charge on any atom is -0.396 e. The maximum atomic E-state index is 8.88. The first kappa shape index (κ1) is 40.8. The predicted octanol–water partition coefficient (Wildman–Crippen LogP) is 5.95. The molecule has 11 heteroatoms. The van der Waals surface area contributed by atoms with Crippen LogP contribution >= 0.6 is 15.6 Å². The molecule has 0 spiro atoms. The number of hydrogen-bond acceptors (Lipinski definition) is 3. The molecule has 0 unspecified atom stereocenters. The van der Waals surface area contributed by atoms with E-state index in [1.807, 2.05) is 0 Å². The quantitative estimate of drug-likeness (QED) is 0.0562. The van der Waals surface area contributed by atoms with Crippen LogP contribution in [0.2, 0.25) is 0 Å². The van der Waals surface area contributed by atoms with Gasteiger partial charge in [0.05, 0.1) is 0 Å². The van der Waals surface area contributed by atoms with Crippen LogP contribution in [0.25, 0.3) is 0 Å². The molecule has 0 aliphatic rings. The molecule has 0 atom stereocenters. The van der Waals surface area contributed by atoms with E-state index in [4.69, 9.17) is 43.6 Å². The standard InChI is InChI=1S/C26H46O.2H3O4P/c1-2-3-4-5-6-7-8-9-10-11-12-13-14-15-16-17-18-19-20-21-22-23-24-25-26-27;2*1-5(2,3)4/h27H,2-13,18-26H2,1H3;2*(H3,1,2,3,4). The summed E-state index contributed by atoms with van der Waals surface area (Å²) in [6, 6.07) is 0. The molecule has 0 aliphatic carbocycles. The lowest BCUT2D eigenvalue weighted by Gasteiger charge is -2.01. The van der Waals surface area contributed by atoms with Gasteiger partial charge in [-0.1, -0.05) is 115 Å². The second-order valence-electron chi connectivity index (χ2n) is 8.86. The minimum absolute atomic E-state index is 0.343. The van der Waals surface area contributed by atoms with E-state index in [9.17, 15) is 0 Å². The third-order valence-electron chi connectivity index (χ3n) is 5.10. The molecule has 0 fully saturated rings. The second kappa shape index (κ2) is 31.5. The fraction of sp³-hybridized carbons (Fsp3) is 0.846. The zero-order chi connectivity index (χ0) is 28.7. The summed E-state index contributed by atoms with van der Waals surface area (Å²) >= 11 is 0. The summed E-state index contributed by atoms with van der Waals surface area (Å²) in [5, 5.41) is 8.71. The van der Waals surface area contributed by atoms with Crippen LogP contribution in [0.1, 0.15) is 135 Å². The Balaban J connectivity index is -0.000000969. The molecule has 0 saturated heterocycles. The Hall–Kier alpha value is -0.700. The van der Waals surface area contributed by atoms with E-state index in [0.29, 0.717) is 6.61 Å². The van der Waals surface area contributed by atoms with Crippen LogP contribution in [0.3, 0.4) is 0 Å². The summed E-state index contributed by atoms with van der Waals surface area (Å²) < 4.78 is 17.8. The highest BCUT2D eigenvalue weighted by Crippen LogP contribution is 2.26. The van der Waals surface area contributed by atoms with Crippen molar-refractivity contribution in [3.63, 3.8) is 0 Å². The van der Waals surface area contributed by atoms with Gasteiger partial charge in [0.15, 0.2) is 0 Å². The maximum absolute atomic E-state index is 8.88. The molecule has 9 nitrogen and oxygen atoms in total. The summed E-state index contributed by atoms with van der Waals surface area (Å²) in [5.74, 6) is 12.4. The van der Waals surface area contributed by atoms with Gasteiger partial charge in [0, 0.05) is 19.4 Å². The molecule has 0 saturated carbocycles. The molecule has 7 N–H and O–H groups in total. The largest absolute Gasteiger partial charge is 0.466 e. The normalized spacial score (nSPS) is 10.6. The number of unbranched alkanes of at least 4 members (excludes halogenated alkanes) is 18. The molecular formula is C26H52O9P2. The van der Waals surface area contributed by atoms with Crippen LogP contribution in [0.4, 0.5) is 0 Å². The van der Waals surface area contributed by atoms with E-state index < -0.39 is 15.6 Å². The Labute approximate surface area is 225 Å². The van der Waals surface area contributed by atoms with E-state index in [1.54, 1.807) is 0 Å². The second-order valence-corrected chi connectivity index (χ2v) is 10.9. The highest BCUT2D eigenvalue weighted by Gasteiger charge is 2.00. The van der Waals surface area contributed by atoms with Gasteiger partial charge in [0.2, 0.25) is 0 Å². The molecule has 0 amide bonds. The Bertz CT molecular complexity index is 645. The molecule has 0 bridgehead atoms. The van der Waals surface area contributed by atoms with Crippen molar-refractivity contribution in [2.24, 2.45) is 0 Å². The highest BCUT2D eigenvalue weighted by atomic mass is 31.2. The Kier molecular flexibility index (Phi) is 34.7. The SMILES string of the molecule is CCCCCCCCCCCCCC#CC#CCCCCCCCCCO.O=P(O)(O)O.O=P(O)(O)O. The zero-order valence-electron chi connectivity index (χ0n) is 22.7. The first-order chi connectivity index (χ1) is 17.4. The van der Waals surface area contributed by atoms with Crippen LogP contribution in [0.5, 0.6) is 0 Å². The van der Waals surface area contributed by atoms with Gasteiger partial charge in [-0.05, 0) is 31.1 Å². The van der Waals surface area contributed by atoms with Gasteiger partial charge in [0.25, 0.3) is 0 Å². The van der Waals surface area contributed by atoms with Gasteiger partial charge in [-0.3, -0.25) is 0 Å². The number of hydrogen-bond donors (Lipinski definition) is 7. The third kappa shape index (κ3) is 72.1. The van der Waals surface area contributed by atoms with Crippen LogP contribution < -0.4 is 0 Å². The topological polar surface area (TPSA) is 176 Å². The first-order valence-corrected chi connectivity index (χ1v) is 16.7. The van der Waals surface area contributed by atoms with Gasteiger partial charge in [-0.2, -0.15) is 0 Å². The molecular weight excluding hydrogens is 518 g/mol. The van der Waals surface area contributed by atoms with Crippen molar-refractivity contribution in [1.82, 2.24) is 0 Å². The van der Waals surface area contributed by atoms with E-state index in [-0.39, 0.29) is 0 Å². The van der Waals surface area contributed by atoms with E-state index >= 15 is 0 Å². The maximum Gasteiger partial charge on any atom is 0.466 e. The summed E-state index contributed by atoms with van der Waals surface area (Å²) in [4.78, 5) is 43.1. The van der Waals surface area contributed by atoms with Gasteiger partial charge in [0.1, 0.15) is 0 Å². The number of aliphatic hydroxyl groups excluding tert-OH is 1. The van der Waals surface area contributed by atoms with E-state index in [0.717, 1.165) is 19.3 Å². The highest BCUT2D eigenvalue weighted by molar-refractivity contribution is 7.45. The van der Waals surface area contributed by atoms with Gasteiger partial charge < -0.3 is 34.5 Å². The predicted molar refractivity (Wildman–Crippen MR) is 149 cm³/mol. The van der Waals surface area contributed by atoms with Crippen LogP contribution in [-0.4, -0.2) is 41.1 Å². The average molecular weight is 571 g/mol. The van der Waals surface area contributed by atoms with Gasteiger partial charge in [-0.25, -0.2) is 9.13 Å². The van der Waals surface area contributed by atoms with Crippen molar-refractivity contribution in [2.45, 2.75) is 135 Å². The summed E-state index contributed by atoms with van der Waals surface area (Å²) in [6.45, 7) is 2.62. The summed E-state index contributed by atoms with van der Waals surface area (Å²) in [6.07, 6.45) is 25.8. The fourth-order valence-corrected chi connectivity index (χ4v) is 3.30. The van der Waals surface area contributed by atoms with Crippen LogP contribution in [0, 0.1) is 23.7 Å². The van der Waals surface area contributed by atoms with Crippen molar-refractivity contribution >= 4 is 15.6 Å². The van der Waals surface area contributed by atoms with Crippen molar-refractivity contribution in [3.8, 4) is 23.7 Å². The summed E-state index contributed by atoms with van der Waals surface area (Å²) in [5.41, 5.74) is 0. The molecule has 37 heavy (non-hydrogen) atoms. The Morgan fingerprint density at radius 2 is 0.703 bits per heavy atom. The smallest absolute Gasteiger partial charge is 0.396 e. The van der Waals surface area contributed by atoms with Gasteiger partial charge >= 0.3 is 15.6 Å². The lowest BCUT2D eigenvalue weighted by Crippen LogP contribution is -1.83. The molecule has 0 rings (SSSR count). The van der Waals surface area contributed by atoms with Crippen LogP contribution in [-0.2, 0) is 9.13 Å². The lowest BCUT2D eigenvalue weighted by molar-refractivity contribution is 0.272. The summed E-state index contributed by atoms with van der Waals surface area (Å²) in [7, 11) is -9.28. The van der Waals surface area contributed by atoms with Crippen molar-refractivity contribution in [3.05, 3.63) is 0 Å². The molecule has 0 radical (unpaired) electrons. The average Bonchev–Trinajstić information content (AvgIpc) is 2.77. The van der Waals surface area contributed by atoms with E-state index in [2.05, 4.69) is 30.6 Å². The van der Waals surface area contributed by atoms with Crippen molar-refractivity contribution in [1.29, 1.82) is 0 Å². The monoisotopic (exact) mass is 570 g/mol. The molecule has 0 aromatic rings. The first-order valence-electron chi connectivity index (χ1n) is 13.5. The molecule has 0 aliphatic heterocycles. The Morgan fingerprint density at radius 1 is 0.459 bits per heavy atom.